The number of hydrogen-bond donors (Lipinski definition) is 0. The molecule has 23 heavy (non-hydrogen) atoms. The van der Waals surface area contributed by atoms with Gasteiger partial charge in [0.15, 0.2) is 0 Å². The summed E-state index contributed by atoms with van der Waals surface area (Å²) in [5.41, 5.74) is 0.668. The Morgan fingerprint density at radius 3 is 2.74 bits per heavy atom. The molecule has 1 aliphatic rings. The third kappa shape index (κ3) is 5.84. The van der Waals surface area contributed by atoms with Crippen LogP contribution in [-0.4, -0.2) is 69.3 Å². The lowest BCUT2D eigenvalue weighted by atomic mass is 10.1. The first-order valence-electron chi connectivity index (χ1n) is 8.40. The fraction of sp³-hybridized carbons (Fsp3) is 0.611. The molecule has 0 N–H and O–H groups in total. The molecule has 1 fully saturated rings. The minimum absolute atomic E-state index is 0.0409. The summed E-state index contributed by atoms with van der Waals surface area (Å²) in [6, 6.07) is 7.35. The van der Waals surface area contributed by atoms with Crippen LogP contribution in [-0.2, 0) is 4.74 Å². The van der Waals surface area contributed by atoms with Gasteiger partial charge in [0.2, 0.25) is 0 Å². The number of hydrogen-bond acceptors (Lipinski definition) is 4. The van der Waals surface area contributed by atoms with Crippen molar-refractivity contribution in [3.8, 4) is 5.75 Å². The predicted molar refractivity (Wildman–Crippen MR) is 91.1 cm³/mol. The van der Waals surface area contributed by atoms with Gasteiger partial charge in [0.1, 0.15) is 12.4 Å². The molecule has 1 heterocycles. The molecule has 0 bridgehead atoms. The molecule has 2 rings (SSSR count). The number of likely N-dealkylation sites (tertiary alicyclic amines) is 1. The number of carbonyl (C=O) groups excluding carboxylic acids is 1. The van der Waals surface area contributed by atoms with Gasteiger partial charge in [-0.3, -0.25) is 4.79 Å². The maximum absolute atomic E-state index is 12.5. The highest BCUT2D eigenvalue weighted by molar-refractivity contribution is 5.94. The molecule has 1 aliphatic heterocycles. The van der Waals surface area contributed by atoms with E-state index in [0.717, 1.165) is 26.2 Å². The molecule has 1 aromatic carbocycles. The Kier molecular flexibility index (Phi) is 7.36. The third-order valence-electron chi connectivity index (χ3n) is 4.18. The molecule has 0 aliphatic carbocycles. The van der Waals surface area contributed by atoms with E-state index in [0.29, 0.717) is 24.5 Å². The van der Waals surface area contributed by atoms with E-state index in [9.17, 15) is 4.79 Å². The molecule has 0 unspecified atom stereocenters. The van der Waals surface area contributed by atoms with Crippen molar-refractivity contribution in [2.75, 3.05) is 53.6 Å². The van der Waals surface area contributed by atoms with Crippen LogP contribution in [0, 0.1) is 0 Å². The topological polar surface area (TPSA) is 42.0 Å². The lowest BCUT2D eigenvalue weighted by Gasteiger charge is -2.28. The van der Waals surface area contributed by atoms with Crippen LogP contribution in [0.5, 0.6) is 5.75 Å². The summed E-state index contributed by atoms with van der Waals surface area (Å²) >= 11 is 0. The number of piperidine rings is 1. The summed E-state index contributed by atoms with van der Waals surface area (Å²) in [5.74, 6) is 0.747. The first-order valence-corrected chi connectivity index (χ1v) is 8.40. The number of methoxy groups -OCH3 is 1. The van der Waals surface area contributed by atoms with Crippen molar-refractivity contribution in [1.29, 1.82) is 0 Å². The number of carbonyl (C=O) groups is 1. The zero-order valence-corrected chi connectivity index (χ0v) is 14.3. The lowest BCUT2D eigenvalue weighted by molar-refractivity contribution is 0.0772. The van der Waals surface area contributed by atoms with Crippen LogP contribution in [0.15, 0.2) is 24.3 Å². The van der Waals surface area contributed by atoms with Crippen molar-refractivity contribution < 1.29 is 14.3 Å². The average Bonchev–Trinajstić information content (AvgIpc) is 2.60. The Balaban J connectivity index is 1.84. The van der Waals surface area contributed by atoms with E-state index < -0.39 is 0 Å². The second-order valence-corrected chi connectivity index (χ2v) is 6.00. The van der Waals surface area contributed by atoms with Gasteiger partial charge in [-0.1, -0.05) is 12.5 Å². The molecule has 0 saturated carbocycles. The van der Waals surface area contributed by atoms with Gasteiger partial charge in [-0.15, -0.1) is 0 Å². The summed E-state index contributed by atoms with van der Waals surface area (Å²) < 4.78 is 10.5. The monoisotopic (exact) mass is 320 g/mol. The first kappa shape index (κ1) is 17.8. The van der Waals surface area contributed by atoms with Gasteiger partial charge in [-0.2, -0.15) is 0 Å². The fourth-order valence-electron chi connectivity index (χ4n) is 2.76. The maximum atomic E-state index is 12.5. The van der Waals surface area contributed by atoms with E-state index >= 15 is 0 Å². The molecular weight excluding hydrogens is 292 g/mol. The smallest absolute Gasteiger partial charge is 0.253 e. The standard InChI is InChI=1S/C18H28N2O3/c1-19(11-12-20-9-4-3-5-10-20)18(21)16-7-6-8-17(15-16)23-14-13-22-2/h6-8,15H,3-5,9-14H2,1-2H3. The molecule has 5 nitrogen and oxygen atoms in total. The van der Waals surface area contributed by atoms with E-state index in [1.807, 2.05) is 25.2 Å². The summed E-state index contributed by atoms with van der Waals surface area (Å²) in [4.78, 5) is 16.8. The summed E-state index contributed by atoms with van der Waals surface area (Å²) in [6.07, 6.45) is 3.89. The molecule has 0 spiro atoms. The number of likely N-dealkylation sites (N-methyl/N-ethyl adjacent to an activating group) is 1. The van der Waals surface area contributed by atoms with E-state index in [-0.39, 0.29) is 5.91 Å². The second kappa shape index (κ2) is 9.53. The van der Waals surface area contributed by atoms with Gasteiger partial charge >= 0.3 is 0 Å². The summed E-state index contributed by atoms with van der Waals surface area (Å²) in [6.45, 7) is 5.04. The SMILES string of the molecule is COCCOc1cccc(C(=O)N(C)CCN2CCCCC2)c1. The number of rotatable bonds is 8. The van der Waals surface area contributed by atoms with Gasteiger partial charge in [-0.25, -0.2) is 0 Å². The summed E-state index contributed by atoms with van der Waals surface area (Å²) in [7, 11) is 3.51. The van der Waals surface area contributed by atoms with Crippen molar-refractivity contribution in [3.05, 3.63) is 29.8 Å². The zero-order valence-electron chi connectivity index (χ0n) is 14.3. The van der Waals surface area contributed by atoms with Crippen LogP contribution in [0.4, 0.5) is 0 Å². The maximum Gasteiger partial charge on any atom is 0.253 e. The average molecular weight is 320 g/mol. The van der Waals surface area contributed by atoms with Gasteiger partial charge in [0.05, 0.1) is 6.61 Å². The van der Waals surface area contributed by atoms with Crippen LogP contribution < -0.4 is 4.74 Å². The molecule has 0 aromatic heterocycles. The number of ether oxygens (including phenoxy) is 2. The van der Waals surface area contributed by atoms with Crippen molar-refractivity contribution in [2.45, 2.75) is 19.3 Å². The Labute approximate surface area is 139 Å². The normalized spacial score (nSPS) is 15.4. The molecule has 0 radical (unpaired) electrons. The number of amides is 1. The van der Waals surface area contributed by atoms with E-state index in [1.54, 1.807) is 18.1 Å². The van der Waals surface area contributed by atoms with Crippen LogP contribution in [0.1, 0.15) is 29.6 Å². The van der Waals surface area contributed by atoms with E-state index in [1.165, 1.54) is 19.3 Å². The quantitative estimate of drug-likeness (QED) is 0.689. The molecule has 128 valence electrons. The highest BCUT2D eigenvalue weighted by Crippen LogP contribution is 2.15. The minimum atomic E-state index is 0.0409. The van der Waals surface area contributed by atoms with Crippen LogP contribution in [0.3, 0.4) is 0 Å². The molecule has 5 heteroatoms. The van der Waals surface area contributed by atoms with Crippen molar-refractivity contribution in [1.82, 2.24) is 9.80 Å². The fourth-order valence-corrected chi connectivity index (χ4v) is 2.76. The molecular formula is C18H28N2O3. The van der Waals surface area contributed by atoms with Crippen LogP contribution in [0.2, 0.25) is 0 Å². The number of nitrogens with zero attached hydrogens (tertiary/aromatic N) is 2. The van der Waals surface area contributed by atoms with Gasteiger partial charge in [0, 0.05) is 32.8 Å². The highest BCUT2D eigenvalue weighted by Gasteiger charge is 2.15. The predicted octanol–water partition coefficient (Wildman–Crippen LogP) is 2.27. The highest BCUT2D eigenvalue weighted by atomic mass is 16.5. The largest absolute Gasteiger partial charge is 0.491 e. The molecule has 1 amide bonds. The molecule has 0 atom stereocenters. The van der Waals surface area contributed by atoms with Gasteiger partial charge in [0.25, 0.3) is 5.91 Å². The molecule has 1 aromatic rings. The van der Waals surface area contributed by atoms with Crippen molar-refractivity contribution in [3.63, 3.8) is 0 Å². The first-order chi connectivity index (χ1) is 11.2. The second-order valence-electron chi connectivity index (χ2n) is 6.00. The van der Waals surface area contributed by atoms with E-state index in [4.69, 9.17) is 9.47 Å². The summed E-state index contributed by atoms with van der Waals surface area (Å²) in [5, 5.41) is 0. The van der Waals surface area contributed by atoms with E-state index in [2.05, 4.69) is 4.90 Å². The van der Waals surface area contributed by atoms with Crippen LogP contribution >= 0.6 is 0 Å². The third-order valence-corrected chi connectivity index (χ3v) is 4.18. The Morgan fingerprint density at radius 1 is 1.22 bits per heavy atom. The van der Waals surface area contributed by atoms with Crippen molar-refractivity contribution >= 4 is 5.91 Å². The van der Waals surface area contributed by atoms with Gasteiger partial charge in [-0.05, 0) is 44.1 Å². The number of benzene rings is 1. The Morgan fingerprint density at radius 2 is 2.00 bits per heavy atom. The molecule has 1 saturated heterocycles. The Bertz CT molecular complexity index is 487. The van der Waals surface area contributed by atoms with Gasteiger partial charge < -0.3 is 19.3 Å². The minimum Gasteiger partial charge on any atom is -0.491 e. The Hall–Kier alpha value is -1.59. The van der Waals surface area contributed by atoms with Crippen LogP contribution in [0.25, 0.3) is 0 Å². The zero-order chi connectivity index (χ0) is 16.5. The lowest BCUT2D eigenvalue weighted by Crippen LogP contribution is -2.38. The van der Waals surface area contributed by atoms with Crippen molar-refractivity contribution in [2.24, 2.45) is 0 Å².